The van der Waals surface area contributed by atoms with E-state index in [1.54, 1.807) is 6.92 Å². The molecule has 0 aliphatic rings. The van der Waals surface area contributed by atoms with Crippen molar-refractivity contribution >= 4 is 16.7 Å². The van der Waals surface area contributed by atoms with Crippen molar-refractivity contribution in [3.8, 4) is 5.75 Å². The molecule has 0 fully saturated rings. The largest absolute Gasteiger partial charge is 0.488 e. The van der Waals surface area contributed by atoms with E-state index in [-0.39, 0.29) is 5.91 Å². The van der Waals surface area contributed by atoms with Crippen molar-refractivity contribution < 1.29 is 9.53 Å². The molecule has 3 rings (SSSR count). The summed E-state index contributed by atoms with van der Waals surface area (Å²) in [4.78, 5) is 11.0. The molecule has 0 aliphatic carbocycles. The Labute approximate surface area is 148 Å². The molecule has 3 nitrogen and oxygen atoms in total. The number of aryl methyl sites for hydroxylation is 1. The summed E-state index contributed by atoms with van der Waals surface area (Å²) in [6, 6.07) is 22.7. The lowest BCUT2D eigenvalue weighted by molar-refractivity contribution is -0.118. The lowest BCUT2D eigenvalue weighted by Gasteiger charge is -2.13. The topological polar surface area (TPSA) is 38.3 Å². The third kappa shape index (κ3) is 4.60. The normalized spacial score (nSPS) is 10.6. The highest BCUT2D eigenvalue weighted by Crippen LogP contribution is 2.29. The first-order chi connectivity index (χ1) is 12.2. The maximum Gasteiger partial charge on any atom is 0.216 e. The Morgan fingerprint density at radius 3 is 2.40 bits per heavy atom. The van der Waals surface area contributed by atoms with Crippen molar-refractivity contribution in [3.05, 3.63) is 77.9 Å². The summed E-state index contributed by atoms with van der Waals surface area (Å²) in [6.45, 7) is 2.82. The summed E-state index contributed by atoms with van der Waals surface area (Å²) in [5.41, 5.74) is 2.44. The van der Waals surface area contributed by atoms with Crippen LogP contribution in [0, 0.1) is 0 Å². The van der Waals surface area contributed by atoms with Crippen LogP contribution in [0.15, 0.2) is 66.7 Å². The lowest BCUT2D eigenvalue weighted by Crippen LogP contribution is -2.21. The van der Waals surface area contributed by atoms with Crippen molar-refractivity contribution in [1.82, 2.24) is 5.32 Å². The van der Waals surface area contributed by atoms with E-state index in [4.69, 9.17) is 4.74 Å². The fraction of sp³-hybridized carbons (Fsp3) is 0.227. The van der Waals surface area contributed by atoms with E-state index in [0.717, 1.165) is 29.5 Å². The van der Waals surface area contributed by atoms with E-state index in [9.17, 15) is 4.79 Å². The number of hydrogen-bond donors (Lipinski definition) is 1. The molecule has 0 radical (unpaired) electrons. The molecule has 0 bridgehead atoms. The van der Waals surface area contributed by atoms with Gasteiger partial charge in [0.05, 0.1) is 0 Å². The van der Waals surface area contributed by atoms with E-state index in [2.05, 4.69) is 47.8 Å². The van der Waals surface area contributed by atoms with Gasteiger partial charge in [0.15, 0.2) is 0 Å². The van der Waals surface area contributed by atoms with E-state index in [1.165, 1.54) is 10.9 Å². The molecular formula is C22H23NO2. The van der Waals surface area contributed by atoms with Crippen LogP contribution in [-0.2, 0) is 17.8 Å². The summed E-state index contributed by atoms with van der Waals surface area (Å²) in [7, 11) is 0. The molecule has 3 aromatic rings. The molecule has 0 heterocycles. The molecule has 0 saturated heterocycles. The number of ether oxygens (including phenoxy) is 1. The SMILES string of the molecule is CC(=O)NCCCc1ccc(OCc2ccccc2)c2ccccc12. The van der Waals surface area contributed by atoms with Crippen LogP contribution in [0.3, 0.4) is 0 Å². The zero-order valence-corrected chi connectivity index (χ0v) is 14.5. The van der Waals surface area contributed by atoms with Gasteiger partial charge in [-0.1, -0.05) is 60.7 Å². The predicted octanol–water partition coefficient (Wildman–Crippen LogP) is 4.49. The van der Waals surface area contributed by atoms with Gasteiger partial charge in [0, 0.05) is 18.9 Å². The van der Waals surface area contributed by atoms with Gasteiger partial charge in [0.1, 0.15) is 12.4 Å². The first kappa shape index (κ1) is 17.0. The number of fused-ring (bicyclic) bond motifs is 1. The van der Waals surface area contributed by atoms with Gasteiger partial charge in [0.2, 0.25) is 5.91 Å². The van der Waals surface area contributed by atoms with Crippen molar-refractivity contribution in [3.63, 3.8) is 0 Å². The molecule has 0 atom stereocenters. The highest BCUT2D eigenvalue weighted by molar-refractivity contribution is 5.91. The van der Waals surface area contributed by atoms with Gasteiger partial charge < -0.3 is 10.1 Å². The first-order valence-corrected chi connectivity index (χ1v) is 8.66. The number of benzene rings is 3. The van der Waals surface area contributed by atoms with Gasteiger partial charge in [-0.2, -0.15) is 0 Å². The van der Waals surface area contributed by atoms with Gasteiger partial charge in [-0.05, 0) is 35.4 Å². The average Bonchev–Trinajstić information content (AvgIpc) is 2.65. The van der Waals surface area contributed by atoms with Crippen molar-refractivity contribution in [2.24, 2.45) is 0 Å². The summed E-state index contributed by atoms with van der Waals surface area (Å²) in [5, 5.41) is 5.20. The van der Waals surface area contributed by atoms with Crippen LogP contribution >= 0.6 is 0 Å². The second-order valence-corrected chi connectivity index (χ2v) is 6.13. The highest BCUT2D eigenvalue weighted by atomic mass is 16.5. The Kier molecular flexibility index (Phi) is 5.68. The maximum atomic E-state index is 11.0. The number of rotatable bonds is 7. The van der Waals surface area contributed by atoms with E-state index in [0.29, 0.717) is 13.2 Å². The van der Waals surface area contributed by atoms with Crippen LogP contribution in [-0.4, -0.2) is 12.5 Å². The molecular weight excluding hydrogens is 310 g/mol. The Morgan fingerprint density at radius 2 is 1.64 bits per heavy atom. The standard InChI is InChI=1S/C22H23NO2/c1-17(24)23-15-7-10-19-13-14-22(21-12-6-5-11-20(19)21)25-16-18-8-3-2-4-9-18/h2-6,8-9,11-14H,7,10,15-16H2,1H3,(H,23,24). The number of carbonyl (C=O) groups excluding carboxylic acids is 1. The van der Waals surface area contributed by atoms with Crippen molar-refractivity contribution in [1.29, 1.82) is 0 Å². The van der Waals surface area contributed by atoms with Crippen LogP contribution in [0.25, 0.3) is 10.8 Å². The summed E-state index contributed by atoms with van der Waals surface area (Å²) in [6.07, 6.45) is 1.85. The Balaban J connectivity index is 1.75. The molecule has 0 aromatic heterocycles. The second kappa shape index (κ2) is 8.34. The van der Waals surface area contributed by atoms with Crippen LogP contribution in [0.4, 0.5) is 0 Å². The van der Waals surface area contributed by atoms with E-state index in [1.807, 2.05) is 24.3 Å². The van der Waals surface area contributed by atoms with Crippen LogP contribution in [0.5, 0.6) is 5.75 Å². The number of hydrogen-bond acceptors (Lipinski definition) is 2. The van der Waals surface area contributed by atoms with Crippen molar-refractivity contribution in [2.45, 2.75) is 26.4 Å². The van der Waals surface area contributed by atoms with Crippen molar-refractivity contribution in [2.75, 3.05) is 6.54 Å². The zero-order valence-electron chi connectivity index (χ0n) is 14.5. The molecule has 0 spiro atoms. The van der Waals surface area contributed by atoms with E-state index < -0.39 is 0 Å². The fourth-order valence-corrected chi connectivity index (χ4v) is 2.96. The smallest absolute Gasteiger partial charge is 0.216 e. The molecule has 128 valence electrons. The Morgan fingerprint density at radius 1 is 0.920 bits per heavy atom. The van der Waals surface area contributed by atoms with Gasteiger partial charge in [-0.25, -0.2) is 0 Å². The third-order valence-corrected chi connectivity index (χ3v) is 4.21. The van der Waals surface area contributed by atoms with Gasteiger partial charge in [-0.3, -0.25) is 4.79 Å². The second-order valence-electron chi connectivity index (χ2n) is 6.13. The highest BCUT2D eigenvalue weighted by Gasteiger charge is 2.07. The first-order valence-electron chi connectivity index (χ1n) is 8.66. The van der Waals surface area contributed by atoms with E-state index >= 15 is 0 Å². The maximum absolute atomic E-state index is 11.0. The summed E-state index contributed by atoms with van der Waals surface area (Å²) < 4.78 is 6.06. The molecule has 1 N–H and O–H groups in total. The minimum absolute atomic E-state index is 0.0227. The summed E-state index contributed by atoms with van der Waals surface area (Å²) >= 11 is 0. The van der Waals surface area contributed by atoms with Crippen LogP contribution < -0.4 is 10.1 Å². The monoisotopic (exact) mass is 333 g/mol. The quantitative estimate of drug-likeness (QED) is 0.647. The molecule has 0 unspecified atom stereocenters. The van der Waals surface area contributed by atoms with Gasteiger partial charge in [-0.15, -0.1) is 0 Å². The molecule has 1 amide bonds. The molecule has 3 heteroatoms. The molecule has 0 saturated carbocycles. The zero-order chi connectivity index (χ0) is 17.5. The summed E-state index contributed by atoms with van der Waals surface area (Å²) in [5.74, 6) is 0.930. The molecule has 25 heavy (non-hydrogen) atoms. The minimum atomic E-state index is 0.0227. The van der Waals surface area contributed by atoms with Crippen LogP contribution in [0.2, 0.25) is 0 Å². The fourth-order valence-electron chi connectivity index (χ4n) is 2.96. The van der Waals surface area contributed by atoms with Crippen LogP contribution in [0.1, 0.15) is 24.5 Å². The molecule has 3 aromatic carbocycles. The minimum Gasteiger partial charge on any atom is -0.488 e. The lowest BCUT2D eigenvalue weighted by atomic mass is 10.00. The Bertz CT molecular complexity index is 843. The number of nitrogens with one attached hydrogen (secondary N) is 1. The predicted molar refractivity (Wildman–Crippen MR) is 102 cm³/mol. The Hall–Kier alpha value is -2.81. The van der Waals surface area contributed by atoms with Gasteiger partial charge in [0.25, 0.3) is 0 Å². The number of amides is 1. The average molecular weight is 333 g/mol. The third-order valence-electron chi connectivity index (χ3n) is 4.21. The number of carbonyl (C=O) groups is 1. The molecule has 0 aliphatic heterocycles. The van der Waals surface area contributed by atoms with Gasteiger partial charge >= 0.3 is 0 Å².